The molecule has 1 aromatic heterocycles. The van der Waals surface area contributed by atoms with Crippen molar-refractivity contribution in [2.24, 2.45) is 5.14 Å². The van der Waals surface area contributed by atoms with Crippen LogP contribution in [0.25, 0.3) is 10.9 Å². The Morgan fingerprint density at radius 3 is 2.67 bits per heavy atom. The van der Waals surface area contributed by atoms with Crippen LogP contribution < -0.4 is 20.9 Å². The smallest absolute Gasteiger partial charge is 0.326 e. The quantitative estimate of drug-likeness (QED) is 0.257. The van der Waals surface area contributed by atoms with E-state index in [9.17, 15) is 27.9 Å². The number of hydrogen-bond donors (Lipinski definition) is 4. The number of sulfonamides is 1. The zero-order valence-corrected chi connectivity index (χ0v) is 22.1. The molecule has 0 spiro atoms. The number of aryl methyl sites for hydroxylation is 2. The first-order valence-electron chi connectivity index (χ1n) is 11.8. The summed E-state index contributed by atoms with van der Waals surface area (Å²) in [4.78, 5) is 45.8. The highest BCUT2D eigenvalue weighted by Crippen LogP contribution is 2.28. The second kappa shape index (κ2) is 12.1. The average molecular weight is 558 g/mol. The molecule has 13 heteroatoms. The summed E-state index contributed by atoms with van der Waals surface area (Å²) in [5.41, 5.74) is 1.22. The van der Waals surface area contributed by atoms with E-state index in [1.807, 2.05) is 0 Å². The molecule has 0 saturated heterocycles. The fourth-order valence-corrected chi connectivity index (χ4v) is 4.72. The van der Waals surface area contributed by atoms with E-state index in [-0.39, 0.29) is 42.7 Å². The number of rotatable bonds is 11. The van der Waals surface area contributed by atoms with Crippen molar-refractivity contribution in [3.05, 3.63) is 69.0 Å². The van der Waals surface area contributed by atoms with E-state index in [2.05, 4.69) is 21.2 Å². The first kappa shape index (κ1) is 29.3. The summed E-state index contributed by atoms with van der Waals surface area (Å²) >= 11 is 0. The van der Waals surface area contributed by atoms with Crippen LogP contribution in [0, 0.1) is 32.0 Å². The molecule has 206 valence electrons. The van der Waals surface area contributed by atoms with Crippen LogP contribution in [-0.2, 0) is 21.4 Å². The van der Waals surface area contributed by atoms with Gasteiger partial charge in [0.05, 0.1) is 34.5 Å². The number of nitrogens with one attached hydrogen (secondary N) is 2. The summed E-state index contributed by atoms with van der Waals surface area (Å²) in [6.45, 7) is 3.38. The summed E-state index contributed by atoms with van der Waals surface area (Å²) in [6.07, 6.45) is 5.24. The third kappa shape index (κ3) is 7.40. The third-order valence-electron chi connectivity index (χ3n) is 6.00. The van der Waals surface area contributed by atoms with E-state index in [1.54, 1.807) is 26.0 Å². The number of fused-ring (bicyclic) bond motifs is 1. The molecule has 0 aliphatic rings. The summed E-state index contributed by atoms with van der Waals surface area (Å²) in [5, 5.41) is 17.1. The number of carboxylic acid groups (broad SMARTS) is 1. The molecule has 1 atom stereocenters. The Hall–Kier alpha value is -4.28. The van der Waals surface area contributed by atoms with Gasteiger partial charge in [0.25, 0.3) is 11.5 Å². The Balaban J connectivity index is 1.97. The molecule has 0 saturated carbocycles. The van der Waals surface area contributed by atoms with Crippen molar-refractivity contribution in [3.8, 4) is 12.3 Å². The molecule has 3 aromatic rings. The van der Waals surface area contributed by atoms with E-state index in [0.29, 0.717) is 22.3 Å². The number of amides is 1. The third-order valence-corrected chi connectivity index (χ3v) is 6.86. The van der Waals surface area contributed by atoms with Crippen LogP contribution in [-0.4, -0.2) is 53.7 Å². The van der Waals surface area contributed by atoms with Gasteiger partial charge in [0, 0.05) is 6.54 Å². The molecule has 2 aromatic carbocycles. The second-order valence-corrected chi connectivity index (χ2v) is 10.8. The molecule has 1 heterocycles. The van der Waals surface area contributed by atoms with Crippen molar-refractivity contribution in [1.82, 2.24) is 15.3 Å². The molecule has 1 unspecified atom stereocenters. The lowest BCUT2D eigenvalue weighted by atomic mass is 10.0. The molecule has 0 fully saturated rings. The van der Waals surface area contributed by atoms with Gasteiger partial charge < -0.3 is 20.3 Å². The molecule has 0 aliphatic carbocycles. The molecule has 5 N–H and O–H groups in total. The molecular formula is C26H28FN5O6S. The Labute approximate surface area is 224 Å². The van der Waals surface area contributed by atoms with Crippen molar-refractivity contribution in [2.45, 2.75) is 39.3 Å². The van der Waals surface area contributed by atoms with Crippen molar-refractivity contribution in [2.75, 3.05) is 17.2 Å². The lowest BCUT2D eigenvalue weighted by molar-refractivity contribution is -0.139. The highest BCUT2D eigenvalue weighted by molar-refractivity contribution is 7.89. The monoisotopic (exact) mass is 557 g/mol. The van der Waals surface area contributed by atoms with Gasteiger partial charge in [-0.25, -0.2) is 27.7 Å². The number of nitrogens with two attached hydrogens (primary N) is 1. The number of anilines is 1. The zero-order chi connectivity index (χ0) is 28.9. The molecule has 0 aliphatic heterocycles. The number of hydrogen-bond acceptors (Lipinski definition) is 7. The molecule has 0 bridgehead atoms. The lowest BCUT2D eigenvalue weighted by Gasteiger charge is -2.27. The lowest BCUT2D eigenvalue weighted by Crippen LogP contribution is -2.42. The summed E-state index contributed by atoms with van der Waals surface area (Å²) in [5.74, 6) is -0.613. The maximum Gasteiger partial charge on any atom is 0.326 e. The van der Waals surface area contributed by atoms with Gasteiger partial charge in [0.15, 0.2) is 0 Å². The summed E-state index contributed by atoms with van der Waals surface area (Å²) in [6, 6.07) is 5.68. The van der Waals surface area contributed by atoms with Crippen LogP contribution in [0.3, 0.4) is 0 Å². The molecule has 1 amide bonds. The van der Waals surface area contributed by atoms with Crippen LogP contribution >= 0.6 is 0 Å². The molecular weight excluding hydrogens is 529 g/mol. The highest BCUT2D eigenvalue weighted by atomic mass is 32.2. The number of carbonyl (C=O) groups excluding carboxylic acids is 1. The predicted molar refractivity (Wildman–Crippen MR) is 144 cm³/mol. The number of aromatic nitrogens is 2. The largest absolute Gasteiger partial charge is 0.480 e. The van der Waals surface area contributed by atoms with Gasteiger partial charge in [0.1, 0.15) is 17.7 Å². The number of primary sulfonamides is 1. The van der Waals surface area contributed by atoms with E-state index >= 15 is 4.39 Å². The highest BCUT2D eigenvalue weighted by Gasteiger charge is 2.26. The predicted octanol–water partition coefficient (Wildman–Crippen LogP) is 1.57. The molecule has 3 rings (SSSR count). The number of para-hydroxylation sites is 1. The average Bonchev–Trinajstić information content (AvgIpc) is 2.82. The van der Waals surface area contributed by atoms with Gasteiger partial charge in [-0.2, -0.15) is 0 Å². The normalized spacial score (nSPS) is 12.1. The fourth-order valence-electron chi connectivity index (χ4n) is 4.15. The topological polar surface area (TPSA) is 176 Å². The van der Waals surface area contributed by atoms with E-state index < -0.39 is 39.5 Å². The van der Waals surface area contributed by atoms with Crippen LogP contribution in [0.2, 0.25) is 0 Å². The summed E-state index contributed by atoms with van der Waals surface area (Å²) < 4.78 is 37.6. The number of halogens is 1. The molecule has 11 nitrogen and oxygen atoms in total. The first-order valence-corrected chi connectivity index (χ1v) is 13.5. The maximum atomic E-state index is 15.2. The van der Waals surface area contributed by atoms with Gasteiger partial charge in [-0.3, -0.25) is 9.59 Å². The minimum absolute atomic E-state index is 0.0250. The summed E-state index contributed by atoms with van der Waals surface area (Å²) in [7, 11) is -3.81. The SMILES string of the molecule is C#CCN(Cc1cc2c(=O)[nH]c(C)nc2cc1C)c1c(F)cccc1C(=O)NC(CCCS(N)(=O)=O)C(=O)O. The standard InChI is InChI=1S/C26H28FN5O6S/c1-4-10-32(14-17-13-19-22(12-15(17)2)29-16(3)30-25(19)34)23-18(7-5-8-20(23)27)24(33)31-21(26(35)36)9-6-11-39(28,37)38/h1,5,7-8,12-13,21H,6,9-11,14H2,2-3H3,(H,31,33)(H,35,36)(H2,28,37,38)(H,29,30,34). The minimum atomic E-state index is -3.81. The number of aliphatic carboxylic acids is 1. The second-order valence-electron chi connectivity index (χ2n) is 9.02. The van der Waals surface area contributed by atoms with E-state index in [1.165, 1.54) is 17.0 Å². The minimum Gasteiger partial charge on any atom is -0.480 e. The van der Waals surface area contributed by atoms with Gasteiger partial charge in [-0.15, -0.1) is 6.42 Å². The Bertz CT molecular complexity index is 1630. The number of H-pyrrole nitrogens is 1. The molecule has 39 heavy (non-hydrogen) atoms. The number of benzene rings is 2. The first-order chi connectivity index (χ1) is 18.3. The van der Waals surface area contributed by atoms with Crippen molar-refractivity contribution in [1.29, 1.82) is 0 Å². The van der Waals surface area contributed by atoms with Crippen LogP contribution in [0.5, 0.6) is 0 Å². The maximum absolute atomic E-state index is 15.2. The van der Waals surface area contributed by atoms with Crippen LogP contribution in [0.1, 0.15) is 40.2 Å². The number of nitrogens with zero attached hydrogens (tertiary/aromatic N) is 2. The van der Waals surface area contributed by atoms with Gasteiger partial charge in [0.2, 0.25) is 10.0 Å². The number of aromatic amines is 1. The van der Waals surface area contributed by atoms with E-state index in [0.717, 1.165) is 11.6 Å². The van der Waals surface area contributed by atoms with Gasteiger partial charge in [-0.05, 0) is 62.1 Å². The Morgan fingerprint density at radius 1 is 1.31 bits per heavy atom. The number of terminal acetylenes is 1. The Morgan fingerprint density at radius 2 is 2.03 bits per heavy atom. The number of carbonyl (C=O) groups is 2. The van der Waals surface area contributed by atoms with Crippen molar-refractivity contribution >= 4 is 38.5 Å². The van der Waals surface area contributed by atoms with Gasteiger partial charge in [-0.1, -0.05) is 12.0 Å². The zero-order valence-electron chi connectivity index (χ0n) is 21.3. The van der Waals surface area contributed by atoms with Crippen LogP contribution in [0.15, 0.2) is 35.1 Å². The van der Waals surface area contributed by atoms with E-state index in [4.69, 9.17) is 11.6 Å². The Kier molecular flexibility index (Phi) is 9.05. The van der Waals surface area contributed by atoms with Crippen molar-refractivity contribution < 1.29 is 27.5 Å². The number of carboxylic acids is 1. The van der Waals surface area contributed by atoms with Crippen molar-refractivity contribution in [3.63, 3.8) is 0 Å². The molecule has 0 radical (unpaired) electrons. The van der Waals surface area contributed by atoms with Crippen LogP contribution in [0.4, 0.5) is 10.1 Å². The van der Waals surface area contributed by atoms with Gasteiger partial charge >= 0.3 is 5.97 Å². The fraction of sp³-hybridized carbons (Fsp3) is 0.308.